The molecule has 1 aliphatic rings. The average molecular weight is 1700 g/mol. The first-order valence-electron chi connectivity index (χ1n) is 55.6. The van der Waals surface area contributed by atoms with Crippen LogP contribution in [0.25, 0.3) is 16.9 Å². The standard InChI is InChI=1S/C74H128N2.2C21H43.Ni/c1-7-13-19-24-28-30-32-34-36-38-40-42-46-50-55-67-59-65(53-48-44-26-21-15-9-3)61-69(62-67)73-71(57-18-12-6)72(58-52-23-17-11-5)74(76(73)75)70-63-66(54-49-45-27-22-16-10-4)60-68(64-70)56-51-47-43-41-39-37-35-33-31-29-25-20-14-8-2;2*1-3-5-7-9-11-13-15-17-19-21-20-18-16-14-12-10-8-6-4-2;/h59-64H,7-58H2,1-6H3;2*1,3-21H2,2H3;. The molecule has 2 nitrogen and oxygen atoms in total. The molecule has 0 aliphatic carbocycles. The summed E-state index contributed by atoms with van der Waals surface area (Å²) in [6.45, 7) is 18.6. The van der Waals surface area contributed by atoms with E-state index in [-0.39, 0.29) is 0 Å². The van der Waals surface area contributed by atoms with Crippen molar-refractivity contribution in [2.45, 2.75) is 644 Å². The second kappa shape index (κ2) is 90.8. The van der Waals surface area contributed by atoms with E-state index in [2.05, 4.69) is 91.8 Å². The molecule has 0 N–H and O–H groups in total. The second-order valence-corrected chi connectivity index (χ2v) is 40.4. The zero-order chi connectivity index (χ0) is 85.4. The Bertz CT molecular complexity index is 2460. The molecule has 0 radical (unpaired) electrons. The van der Waals surface area contributed by atoms with E-state index in [1.54, 1.807) is 4.70 Å². The zero-order valence-corrected chi connectivity index (χ0v) is 83.7. The molecule has 0 saturated heterocycles. The van der Waals surface area contributed by atoms with Gasteiger partial charge in [-0.3, -0.25) is 0 Å². The SMILES string of the molecule is CCCCCCCCCCCCCCCCCCCC[CH2][Ni][CH2]CCCCCCCCCCCCCCCCCCCC.CCCCCCCCCCCCCCCCc1cc(CCCCCCCC)cc(C2=C(CCCC)C(CCCCCC)=C(c3cc(CCCCCCCC)cc(CCCCCCCCCCCCCCCC)c3)[N+]2=[N-])c1. The van der Waals surface area contributed by atoms with Crippen LogP contribution in [0.1, 0.15) is 641 Å². The molecule has 2 aromatic carbocycles. The number of unbranched alkanes of at least 4 members (excludes halogenated alkanes) is 76. The van der Waals surface area contributed by atoms with E-state index in [1.165, 1.54) is 588 Å². The van der Waals surface area contributed by atoms with Crippen molar-refractivity contribution in [3.8, 4) is 0 Å². The Morgan fingerprint density at radius 3 is 0.496 bits per heavy atom. The van der Waals surface area contributed by atoms with Crippen LogP contribution >= 0.6 is 0 Å². The summed E-state index contributed by atoms with van der Waals surface area (Å²) in [6, 6.07) is 15.2. The summed E-state index contributed by atoms with van der Waals surface area (Å²) in [5, 5.41) is 2.87. The molecule has 2 aromatic rings. The maximum atomic E-state index is 13.1. The monoisotopic (exact) mass is 1690 g/mol. The van der Waals surface area contributed by atoms with Gasteiger partial charge in [0.1, 0.15) is 0 Å². The number of hydrogen-bond acceptors (Lipinski definition) is 0. The Morgan fingerprint density at radius 1 is 0.168 bits per heavy atom. The van der Waals surface area contributed by atoms with Crippen molar-refractivity contribution >= 4 is 11.4 Å². The minimum atomic E-state index is 1.04. The molecule has 0 spiro atoms. The molecular formula is C116H214N2Ni. The van der Waals surface area contributed by atoms with E-state index >= 15 is 0 Å². The van der Waals surface area contributed by atoms with Crippen molar-refractivity contribution in [3.63, 3.8) is 0 Å². The first-order chi connectivity index (χ1) is 58.9. The number of aryl methyl sites for hydroxylation is 4. The van der Waals surface area contributed by atoms with Crippen LogP contribution in [0.2, 0.25) is 10.8 Å². The molecule has 0 bridgehead atoms. The van der Waals surface area contributed by atoms with Gasteiger partial charge in [-0.05, 0) is 124 Å². The summed E-state index contributed by atoms with van der Waals surface area (Å²) < 4.78 is 1.75. The van der Waals surface area contributed by atoms with Gasteiger partial charge in [0.05, 0.1) is 0 Å². The Kier molecular flexibility index (Phi) is 86.3. The van der Waals surface area contributed by atoms with E-state index in [9.17, 15) is 5.53 Å². The van der Waals surface area contributed by atoms with Crippen molar-refractivity contribution in [3.05, 3.63) is 86.5 Å². The molecule has 0 amide bonds. The average Bonchev–Trinajstić information content (AvgIpc) is 1.60. The molecule has 3 rings (SSSR count). The summed E-state index contributed by atoms with van der Waals surface area (Å²) in [5.74, 6) is 0. The fourth-order valence-electron chi connectivity index (χ4n) is 19.1. The Labute approximate surface area is 755 Å². The number of benzene rings is 2. The topological polar surface area (TPSA) is 25.3 Å². The minimum Gasteiger partial charge on any atom is -0.493 e. The van der Waals surface area contributed by atoms with Crippen LogP contribution in [-0.2, 0) is 40.1 Å². The van der Waals surface area contributed by atoms with Crippen molar-refractivity contribution in [1.82, 2.24) is 0 Å². The second-order valence-electron chi connectivity index (χ2n) is 38.9. The summed E-state index contributed by atoms with van der Waals surface area (Å²) in [5.41, 5.74) is 26.7. The van der Waals surface area contributed by atoms with Gasteiger partial charge in [0.15, 0.2) is 0 Å². The Balaban J connectivity index is 0.000000947. The van der Waals surface area contributed by atoms with E-state index in [1.807, 2.05) is 14.4 Å². The predicted octanol–water partition coefficient (Wildman–Crippen LogP) is 42.6. The summed E-state index contributed by atoms with van der Waals surface area (Å²) in [6.07, 6.45) is 125. The van der Waals surface area contributed by atoms with Gasteiger partial charge in [-0.2, -0.15) is 0 Å². The van der Waals surface area contributed by atoms with Crippen LogP contribution in [0.3, 0.4) is 0 Å². The third-order valence-corrected chi connectivity index (χ3v) is 28.4. The van der Waals surface area contributed by atoms with Crippen LogP contribution in [0.15, 0.2) is 47.5 Å². The minimum absolute atomic E-state index is 1.04. The quantitative estimate of drug-likeness (QED) is 0.0358. The third-order valence-electron chi connectivity index (χ3n) is 27.0. The van der Waals surface area contributed by atoms with E-state index in [0.29, 0.717) is 0 Å². The van der Waals surface area contributed by atoms with Gasteiger partial charge in [-0.25, -0.2) is 4.70 Å². The summed E-state index contributed by atoms with van der Waals surface area (Å²) in [7, 11) is 0. The molecule has 3 heteroatoms. The summed E-state index contributed by atoms with van der Waals surface area (Å²) >= 11 is 2.05. The van der Waals surface area contributed by atoms with Crippen LogP contribution in [0.5, 0.6) is 0 Å². The number of nitrogens with zero attached hydrogens (tertiary/aromatic N) is 2. The fourth-order valence-corrected chi connectivity index (χ4v) is 20.3. The molecule has 119 heavy (non-hydrogen) atoms. The van der Waals surface area contributed by atoms with E-state index < -0.39 is 0 Å². The van der Waals surface area contributed by atoms with Crippen LogP contribution in [0.4, 0.5) is 0 Å². The van der Waals surface area contributed by atoms with E-state index in [4.69, 9.17) is 0 Å². The predicted molar refractivity (Wildman–Crippen MR) is 537 cm³/mol. The number of rotatable bonds is 94. The molecule has 1 heterocycles. The van der Waals surface area contributed by atoms with Crippen LogP contribution in [0, 0.1) is 0 Å². The van der Waals surface area contributed by atoms with Crippen molar-refractivity contribution in [1.29, 1.82) is 0 Å². The molecule has 0 saturated carbocycles. The number of hydrogen-bond donors (Lipinski definition) is 0. The summed E-state index contributed by atoms with van der Waals surface area (Å²) in [4.78, 5) is 0. The van der Waals surface area contributed by atoms with Gasteiger partial charge in [-0.1, -0.05) is 427 Å². The van der Waals surface area contributed by atoms with Gasteiger partial charge < -0.3 is 5.53 Å². The van der Waals surface area contributed by atoms with Crippen molar-refractivity contribution in [2.75, 3.05) is 0 Å². The molecule has 0 fully saturated rings. The van der Waals surface area contributed by atoms with Gasteiger partial charge in [0, 0.05) is 22.3 Å². The molecule has 0 aromatic heterocycles. The smallest absolute Gasteiger partial charge is 0.493 e. The van der Waals surface area contributed by atoms with Crippen LogP contribution < -0.4 is 0 Å². The van der Waals surface area contributed by atoms with Crippen molar-refractivity contribution < 1.29 is 19.1 Å². The Morgan fingerprint density at radius 2 is 0.311 bits per heavy atom. The molecular weight excluding hydrogens is 1480 g/mol. The van der Waals surface area contributed by atoms with E-state index in [0.717, 1.165) is 56.3 Å². The molecule has 0 atom stereocenters. The first-order valence-corrected chi connectivity index (χ1v) is 57.0. The first kappa shape index (κ1) is 113. The van der Waals surface area contributed by atoms with Gasteiger partial charge in [0.2, 0.25) is 11.4 Å². The Hall–Kier alpha value is -1.99. The van der Waals surface area contributed by atoms with Crippen molar-refractivity contribution in [2.24, 2.45) is 0 Å². The third kappa shape index (κ3) is 68.8. The van der Waals surface area contributed by atoms with Gasteiger partial charge in [-0.15, -0.1) is 0 Å². The molecule has 698 valence electrons. The fraction of sp³-hybridized carbons (Fsp3) is 0.862. The molecule has 0 unspecified atom stereocenters. The zero-order valence-electron chi connectivity index (χ0n) is 82.7. The van der Waals surface area contributed by atoms with Gasteiger partial charge in [0.25, 0.3) is 0 Å². The normalized spacial score (nSPS) is 12.5. The number of allylic oxidation sites excluding steroid dienone is 2. The molecule has 1 aliphatic heterocycles. The maximum absolute atomic E-state index is 13.1. The van der Waals surface area contributed by atoms with Crippen LogP contribution in [-0.4, -0.2) is 4.70 Å². The van der Waals surface area contributed by atoms with Gasteiger partial charge >= 0.3 is 166 Å².